The third-order valence-corrected chi connectivity index (χ3v) is 13.8. The number of piperidine rings is 1. The fourth-order valence-corrected chi connectivity index (χ4v) is 9.89. The zero-order valence-electron chi connectivity index (χ0n) is 32.6. The van der Waals surface area contributed by atoms with Crippen LogP contribution in [0.1, 0.15) is 65.4 Å². The molecule has 0 spiro atoms. The first-order chi connectivity index (χ1) is 27.4. The van der Waals surface area contributed by atoms with Crippen LogP contribution in [0.25, 0.3) is 5.00 Å². The minimum atomic E-state index is -0.479. The number of nitrogens with one attached hydrogen (secondary N) is 1. The molecule has 8 rings (SSSR count). The number of amidine groups is 1. The van der Waals surface area contributed by atoms with E-state index in [1.807, 2.05) is 47.2 Å². The molecule has 0 saturated carbocycles. The molecule has 2 amide bonds. The van der Waals surface area contributed by atoms with Crippen LogP contribution in [0.5, 0.6) is 0 Å². The lowest BCUT2D eigenvalue weighted by molar-refractivity contribution is -0.133. The summed E-state index contributed by atoms with van der Waals surface area (Å²) in [6.45, 7) is 15.1. The van der Waals surface area contributed by atoms with E-state index in [1.165, 1.54) is 10.4 Å². The van der Waals surface area contributed by atoms with E-state index in [0.717, 1.165) is 78.9 Å². The van der Waals surface area contributed by atoms with Gasteiger partial charge in [0, 0.05) is 59.7 Å². The maximum absolute atomic E-state index is 14.0. The summed E-state index contributed by atoms with van der Waals surface area (Å²) >= 11 is 20.3. The van der Waals surface area contributed by atoms with Gasteiger partial charge in [0.15, 0.2) is 5.82 Å². The SMILES string of the molecule is Cc1sc2c(c1C)C(c1ccc(Cl)cc1)=N[C@@H](CC(=O)N1CCN(CC3CCN(CC(=O)NC4=NN(c5ccc(Cl)c(Cl)c5)CC4C)CC3)CC1)c1nnc(C)n1-2. The van der Waals surface area contributed by atoms with Crippen LogP contribution in [0.3, 0.4) is 0 Å². The Hall–Kier alpha value is -3.85. The molecule has 0 radical (unpaired) electrons. The molecule has 12 nitrogen and oxygen atoms in total. The van der Waals surface area contributed by atoms with Crippen molar-refractivity contribution in [3.63, 3.8) is 0 Å². The molecule has 2 aromatic carbocycles. The van der Waals surface area contributed by atoms with E-state index in [4.69, 9.17) is 39.8 Å². The van der Waals surface area contributed by atoms with E-state index in [9.17, 15) is 9.59 Å². The molecular weight excluding hydrogens is 803 g/mol. The number of hydrazone groups is 1. The second-order valence-electron chi connectivity index (χ2n) is 15.6. The van der Waals surface area contributed by atoms with Gasteiger partial charge in [-0.1, -0.05) is 53.9 Å². The first kappa shape index (κ1) is 40.0. The summed E-state index contributed by atoms with van der Waals surface area (Å²) in [5.41, 5.74) is 4.88. The third kappa shape index (κ3) is 8.51. The number of rotatable bonds is 8. The maximum Gasteiger partial charge on any atom is 0.239 e. The van der Waals surface area contributed by atoms with Gasteiger partial charge in [-0.25, -0.2) is 0 Å². The van der Waals surface area contributed by atoms with Crippen LogP contribution in [-0.2, 0) is 9.59 Å². The van der Waals surface area contributed by atoms with Crippen molar-refractivity contribution in [1.82, 2.24) is 34.8 Å². The van der Waals surface area contributed by atoms with Gasteiger partial charge in [-0.05, 0) is 88.5 Å². The quantitative estimate of drug-likeness (QED) is 0.205. The number of aryl methyl sites for hydroxylation is 2. The number of amides is 2. The summed E-state index contributed by atoms with van der Waals surface area (Å²) < 4.78 is 2.10. The van der Waals surface area contributed by atoms with Crippen LogP contribution in [-0.4, -0.2) is 112 Å². The van der Waals surface area contributed by atoms with E-state index in [1.54, 1.807) is 23.5 Å². The topological polar surface area (TPSA) is 115 Å². The number of hydrogen-bond acceptors (Lipinski definition) is 10. The first-order valence-corrected chi connectivity index (χ1v) is 21.6. The highest BCUT2D eigenvalue weighted by molar-refractivity contribution is 7.15. The van der Waals surface area contributed by atoms with Crippen molar-refractivity contribution in [3.05, 3.63) is 90.7 Å². The molecular formula is C41H47Cl3N10O2S. The summed E-state index contributed by atoms with van der Waals surface area (Å²) in [4.78, 5) is 40.2. The number of benzene rings is 2. The molecule has 4 aliphatic rings. The minimum absolute atomic E-state index is 0.0387. The lowest BCUT2D eigenvalue weighted by Crippen LogP contribution is -2.51. The Kier molecular flexibility index (Phi) is 11.8. The molecule has 2 fully saturated rings. The smallest absolute Gasteiger partial charge is 0.239 e. The maximum atomic E-state index is 14.0. The number of nitrogens with zero attached hydrogens (tertiary/aromatic N) is 9. The number of thiophene rings is 1. The largest absolute Gasteiger partial charge is 0.340 e. The van der Waals surface area contributed by atoms with Crippen molar-refractivity contribution in [3.8, 4) is 5.00 Å². The molecule has 4 aliphatic heterocycles. The van der Waals surface area contributed by atoms with Gasteiger partial charge in [-0.15, -0.1) is 21.5 Å². The summed E-state index contributed by atoms with van der Waals surface area (Å²) in [5, 5.41) is 21.3. The lowest BCUT2D eigenvalue weighted by Gasteiger charge is -2.39. The number of fused-ring (bicyclic) bond motifs is 3. The molecule has 0 bridgehead atoms. The van der Waals surface area contributed by atoms with Crippen LogP contribution in [0, 0.1) is 32.6 Å². The van der Waals surface area contributed by atoms with E-state index < -0.39 is 6.04 Å². The molecule has 1 N–H and O–H groups in total. The van der Waals surface area contributed by atoms with Gasteiger partial charge in [-0.2, -0.15) is 5.10 Å². The zero-order valence-corrected chi connectivity index (χ0v) is 35.7. The van der Waals surface area contributed by atoms with Gasteiger partial charge in [0.1, 0.15) is 22.7 Å². The molecule has 57 heavy (non-hydrogen) atoms. The van der Waals surface area contributed by atoms with Gasteiger partial charge >= 0.3 is 0 Å². The Bertz CT molecular complexity index is 2220. The Morgan fingerprint density at radius 2 is 1.63 bits per heavy atom. The van der Waals surface area contributed by atoms with Crippen LogP contribution in [0.2, 0.25) is 15.1 Å². The predicted molar refractivity (Wildman–Crippen MR) is 229 cm³/mol. The van der Waals surface area contributed by atoms with Crippen LogP contribution < -0.4 is 10.3 Å². The highest BCUT2D eigenvalue weighted by Crippen LogP contribution is 2.40. The second kappa shape index (κ2) is 16.8. The number of piperazine rings is 1. The lowest BCUT2D eigenvalue weighted by atomic mass is 9.96. The van der Waals surface area contributed by atoms with E-state index >= 15 is 0 Å². The van der Waals surface area contributed by atoms with Gasteiger partial charge in [0.05, 0.1) is 41.0 Å². The second-order valence-corrected chi connectivity index (χ2v) is 18.1. The van der Waals surface area contributed by atoms with Gasteiger partial charge < -0.3 is 10.2 Å². The Morgan fingerprint density at radius 3 is 2.35 bits per heavy atom. The number of carbonyl (C=O) groups is 2. The number of aromatic nitrogens is 3. The highest BCUT2D eigenvalue weighted by Gasteiger charge is 2.35. The van der Waals surface area contributed by atoms with Crippen molar-refractivity contribution >= 4 is 75.2 Å². The average molecular weight is 850 g/mol. The van der Waals surface area contributed by atoms with Crippen LogP contribution in [0.4, 0.5) is 5.69 Å². The van der Waals surface area contributed by atoms with Gasteiger partial charge in [-0.3, -0.25) is 34.0 Å². The van der Waals surface area contributed by atoms with E-state index in [0.29, 0.717) is 58.8 Å². The predicted octanol–water partition coefficient (Wildman–Crippen LogP) is 6.94. The van der Waals surface area contributed by atoms with Crippen molar-refractivity contribution < 1.29 is 9.59 Å². The van der Waals surface area contributed by atoms with Gasteiger partial charge in [0.25, 0.3) is 0 Å². The minimum Gasteiger partial charge on any atom is -0.340 e. The number of halogens is 3. The van der Waals surface area contributed by atoms with Crippen molar-refractivity contribution in [2.75, 3.05) is 63.9 Å². The fourth-order valence-electron chi connectivity index (χ4n) is 8.26. The van der Waals surface area contributed by atoms with E-state index in [2.05, 4.69) is 55.8 Å². The van der Waals surface area contributed by atoms with Crippen molar-refractivity contribution in [1.29, 1.82) is 0 Å². The summed E-state index contributed by atoms with van der Waals surface area (Å²) in [6, 6.07) is 12.7. The summed E-state index contributed by atoms with van der Waals surface area (Å²) in [7, 11) is 0. The molecule has 1 unspecified atom stereocenters. The molecule has 2 saturated heterocycles. The van der Waals surface area contributed by atoms with Crippen LogP contribution in [0.15, 0.2) is 52.6 Å². The van der Waals surface area contributed by atoms with E-state index in [-0.39, 0.29) is 24.2 Å². The number of anilines is 1. The standard InChI is InChI=1S/C41H47Cl3N10O2S/c1-24-21-53(31-9-10-32(43)33(44)19-31)49-39(24)46-35(55)23-50-13-11-28(12-14-50)22-51-15-17-52(18-16-51)36(56)20-34-40-48-47-27(4)54(40)41-37(25(2)26(3)57-41)38(45-34)29-5-7-30(42)8-6-29/h5-10,19,24,28,34H,11-18,20-23H2,1-4H3,(H,46,49,55)/t24?,34-/m0/s1. The molecule has 0 aliphatic carbocycles. The number of hydrogen-bond donors (Lipinski definition) is 1. The van der Waals surface area contributed by atoms with Gasteiger partial charge in [0.2, 0.25) is 11.8 Å². The highest BCUT2D eigenvalue weighted by atomic mass is 35.5. The van der Waals surface area contributed by atoms with Crippen molar-refractivity contribution in [2.24, 2.45) is 21.9 Å². The number of aliphatic imine (C=N–C) groups is 1. The molecule has 2 atom stereocenters. The third-order valence-electron chi connectivity index (χ3n) is 11.7. The zero-order chi connectivity index (χ0) is 40.0. The first-order valence-electron chi connectivity index (χ1n) is 19.6. The average Bonchev–Trinajstić information content (AvgIpc) is 3.82. The summed E-state index contributed by atoms with van der Waals surface area (Å²) in [5.74, 6) is 2.83. The molecule has 4 aromatic rings. The number of carbonyl (C=O) groups excluding carboxylic acids is 2. The Balaban J connectivity index is 0.831. The monoisotopic (exact) mass is 848 g/mol. The number of likely N-dealkylation sites (tertiary alicyclic amines) is 1. The van der Waals surface area contributed by atoms with Crippen molar-refractivity contribution in [2.45, 2.75) is 53.0 Å². The molecule has 6 heterocycles. The fraction of sp³-hybridized carbons (Fsp3) is 0.463. The van der Waals surface area contributed by atoms with Crippen LogP contribution >= 0.6 is 46.1 Å². The molecule has 2 aromatic heterocycles. The Morgan fingerprint density at radius 1 is 0.895 bits per heavy atom. The molecule has 16 heteroatoms. The Labute approximate surface area is 352 Å². The normalized spacial score (nSPS) is 20.5. The molecule has 300 valence electrons. The summed E-state index contributed by atoms with van der Waals surface area (Å²) in [6.07, 6.45) is 2.29.